The van der Waals surface area contributed by atoms with Gasteiger partial charge in [-0.05, 0) is 37.3 Å². The van der Waals surface area contributed by atoms with Crippen molar-refractivity contribution in [2.24, 2.45) is 0 Å². The molecule has 0 atom stereocenters. The van der Waals surface area contributed by atoms with Crippen molar-refractivity contribution in [3.05, 3.63) is 83.9 Å². The van der Waals surface area contributed by atoms with E-state index in [-0.39, 0.29) is 5.76 Å². The molecule has 0 spiro atoms. The Bertz CT molecular complexity index is 1050. The molecule has 0 bridgehead atoms. The summed E-state index contributed by atoms with van der Waals surface area (Å²) >= 11 is 0. The molecule has 0 aliphatic rings. The van der Waals surface area contributed by atoms with Crippen molar-refractivity contribution in [3.8, 4) is 11.3 Å². The van der Waals surface area contributed by atoms with Crippen LogP contribution in [0.25, 0.3) is 16.8 Å². The maximum Gasteiger partial charge on any atom is 0.374 e. The van der Waals surface area contributed by atoms with Crippen LogP contribution in [0.15, 0.2) is 71.1 Å². The summed E-state index contributed by atoms with van der Waals surface area (Å²) in [7, 11) is 0. The minimum absolute atomic E-state index is 0.222. The lowest BCUT2D eigenvalue weighted by Crippen LogP contribution is -2.03. The fourth-order valence-corrected chi connectivity index (χ4v) is 2.92. The molecular weight excluding hydrogens is 328 g/mol. The van der Waals surface area contributed by atoms with Gasteiger partial charge < -0.3 is 9.15 Å². The van der Waals surface area contributed by atoms with Gasteiger partial charge in [0.05, 0.1) is 23.5 Å². The van der Waals surface area contributed by atoms with Crippen LogP contribution in [-0.4, -0.2) is 22.2 Å². The molecule has 0 radical (unpaired) electrons. The number of pyridine rings is 1. The highest BCUT2D eigenvalue weighted by molar-refractivity contribution is 5.86. The topological polar surface area (TPSA) is 56.7 Å². The van der Waals surface area contributed by atoms with Gasteiger partial charge in [0.2, 0.25) is 5.76 Å². The number of hydrogen-bond acceptors (Lipinski definition) is 4. The van der Waals surface area contributed by atoms with Gasteiger partial charge >= 0.3 is 5.97 Å². The predicted molar refractivity (Wildman–Crippen MR) is 98.1 cm³/mol. The molecule has 3 aromatic heterocycles. The van der Waals surface area contributed by atoms with Gasteiger partial charge in [0.15, 0.2) is 0 Å². The Balaban J connectivity index is 1.65. The number of benzene rings is 1. The third kappa shape index (κ3) is 3.11. The summed E-state index contributed by atoms with van der Waals surface area (Å²) in [6.07, 6.45) is 0.534. The Kier molecular flexibility index (Phi) is 4.27. The van der Waals surface area contributed by atoms with Crippen molar-refractivity contribution in [2.45, 2.75) is 13.3 Å². The first-order chi connectivity index (χ1) is 12.7. The van der Waals surface area contributed by atoms with Crippen LogP contribution in [0, 0.1) is 0 Å². The summed E-state index contributed by atoms with van der Waals surface area (Å²) in [4.78, 5) is 11.7. The number of ether oxygens (including phenoxy) is 1. The molecule has 0 amide bonds. The quantitative estimate of drug-likeness (QED) is 0.504. The van der Waals surface area contributed by atoms with Crippen molar-refractivity contribution in [1.82, 2.24) is 9.61 Å². The van der Waals surface area contributed by atoms with Gasteiger partial charge in [0.25, 0.3) is 0 Å². The number of furan rings is 1. The first kappa shape index (κ1) is 16.1. The van der Waals surface area contributed by atoms with Gasteiger partial charge in [0, 0.05) is 12.0 Å². The van der Waals surface area contributed by atoms with Crippen molar-refractivity contribution in [1.29, 1.82) is 0 Å². The van der Waals surface area contributed by atoms with Crippen LogP contribution in [0.5, 0.6) is 0 Å². The van der Waals surface area contributed by atoms with E-state index in [0.717, 1.165) is 22.5 Å². The van der Waals surface area contributed by atoms with Gasteiger partial charge in [-0.1, -0.05) is 36.4 Å². The normalized spacial score (nSPS) is 11.0. The fourth-order valence-electron chi connectivity index (χ4n) is 2.92. The maximum absolute atomic E-state index is 11.7. The number of hydrogen-bond donors (Lipinski definition) is 0. The zero-order chi connectivity index (χ0) is 17.9. The highest BCUT2D eigenvalue weighted by Gasteiger charge is 2.14. The molecule has 4 rings (SSSR count). The molecule has 5 nitrogen and oxygen atoms in total. The van der Waals surface area contributed by atoms with Crippen molar-refractivity contribution in [2.75, 3.05) is 6.61 Å². The zero-order valence-electron chi connectivity index (χ0n) is 14.4. The number of aromatic nitrogens is 2. The molecule has 4 aromatic rings. The fraction of sp³-hybridized carbons (Fsp3) is 0.143. The van der Waals surface area contributed by atoms with Gasteiger partial charge in [-0.15, -0.1) is 0 Å². The van der Waals surface area contributed by atoms with Crippen molar-refractivity contribution in [3.63, 3.8) is 0 Å². The SMILES string of the molecule is CCOC(=O)c1ccc(Cc2cccc3cc(-c4ccccc4)nn23)o1. The summed E-state index contributed by atoms with van der Waals surface area (Å²) in [5.74, 6) is 0.471. The molecule has 0 saturated heterocycles. The van der Waals surface area contributed by atoms with E-state index >= 15 is 0 Å². The number of carbonyl (C=O) groups excluding carboxylic acids is 1. The molecule has 130 valence electrons. The first-order valence-electron chi connectivity index (χ1n) is 8.53. The van der Waals surface area contributed by atoms with Gasteiger partial charge in [-0.3, -0.25) is 0 Å². The van der Waals surface area contributed by atoms with E-state index < -0.39 is 5.97 Å². The lowest BCUT2D eigenvalue weighted by molar-refractivity contribution is 0.0488. The largest absolute Gasteiger partial charge is 0.460 e. The minimum Gasteiger partial charge on any atom is -0.460 e. The molecule has 0 aliphatic carbocycles. The Morgan fingerprint density at radius 1 is 1.08 bits per heavy atom. The van der Waals surface area contributed by atoms with Gasteiger partial charge in [0.1, 0.15) is 5.76 Å². The Hall–Kier alpha value is -3.34. The van der Waals surface area contributed by atoms with E-state index in [1.165, 1.54) is 0 Å². The molecule has 0 aliphatic heterocycles. The molecule has 0 fully saturated rings. The van der Waals surface area contributed by atoms with Crippen molar-refractivity contribution < 1.29 is 13.9 Å². The smallest absolute Gasteiger partial charge is 0.374 e. The molecule has 0 unspecified atom stereocenters. The molecular formula is C21H18N2O3. The van der Waals surface area contributed by atoms with E-state index in [9.17, 15) is 4.79 Å². The Labute approximate surface area is 150 Å². The number of carbonyl (C=O) groups is 1. The summed E-state index contributed by atoms with van der Waals surface area (Å²) in [5, 5.41) is 4.73. The van der Waals surface area contributed by atoms with E-state index in [1.54, 1.807) is 19.1 Å². The lowest BCUT2D eigenvalue weighted by Gasteiger charge is -2.03. The summed E-state index contributed by atoms with van der Waals surface area (Å²) in [5.41, 5.74) is 3.99. The van der Waals surface area contributed by atoms with E-state index in [2.05, 4.69) is 6.07 Å². The van der Waals surface area contributed by atoms with Crippen LogP contribution in [0.1, 0.15) is 28.9 Å². The molecule has 0 saturated carbocycles. The molecule has 0 N–H and O–H groups in total. The Morgan fingerprint density at radius 3 is 2.73 bits per heavy atom. The molecule has 26 heavy (non-hydrogen) atoms. The average molecular weight is 346 g/mol. The van der Waals surface area contributed by atoms with Gasteiger partial charge in [-0.25, -0.2) is 9.31 Å². The van der Waals surface area contributed by atoms with Crippen LogP contribution in [0.4, 0.5) is 0 Å². The number of esters is 1. The summed E-state index contributed by atoms with van der Waals surface area (Å²) in [6.45, 7) is 2.09. The standard InChI is InChI=1S/C21H18N2O3/c1-2-25-21(24)20-12-11-18(26-20)13-16-9-6-10-17-14-19(22-23(16)17)15-7-4-3-5-8-15/h3-12,14H,2,13H2,1H3. The van der Waals surface area contributed by atoms with E-state index in [0.29, 0.717) is 18.8 Å². The second-order valence-corrected chi connectivity index (χ2v) is 5.91. The Morgan fingerprint density at radius 2 is 1.92 bits per heavy atom. The van der Waals surface area contributed by atoms with Crippen LogP contribution in [-0.2, 0) is 11.2 Å². The maximum atomic E-state index is 11.7. The summed E-state index contributed by atoms with van der Waals surface area (Å²) < 4.78 is 12.5. The number of rotatable bonds is 5. The van der Waals surface area contributed by atoms with E-state index in [4.69, 9.17) is 14.3 Å². The summed E-state index contributed by atoms with van der Waals surface area (Å²) in [6, 6.07) is 21.6. The second-order valence-electron chi connectivity index (χ2n) is 5.91. The first-order valence-corrected chi connectivity index (χ1v) is 8.53. The predicted octanol–water partition coefficient (Wildman–Crippen LogP) is 4.36. The highest BCUT2D eigenvalue weighted by atomic mass is 16.5. The average Bonchev–Trinajstić information content (AvgIpc) is 3.30. The lowest BCUT2D eigenvalue weighted by atomic mass is 10.1. The van der Waals surface area contributed by atoms with Gasteiger partial charge in [-0.2, -0.15) is 5.10 Å². The number of fused-ring (bicyclic) bond motifs is 1. The van der Waals surface area contributed by atoms with Crippen LogP contribution < -0.4 is 0 Å². The van der Waals surface area contributed by atoms with E-state index in [1.807, 2.05) is 53.0 Å². The monoisotopic (exact) mass is 346 g/mol. The molecule has 5 heteroatoms. The highest BCUT2D eigenvalue weighted by Crippen LogP contribution is 2.22. The second kappa shape index (κ2) is 6.88. The van der Waals surface area contributed by atoms with Crippen LogP contribution in [0.2, 0.25) is 0 Å². The van der Waals surface area contributed by atoms with Crippen LogP contribution in [0.3, 0.4) is 0 Å². The van der Waals surface area contributed by atoms with Crippen LogP contribution >= 0.6 is 0 Å². The minimum atomic E-state index is -0.442. The third-order valence-corrected chi connectivity index (χ3v) is 4.13. The van der Waals surface area contributed by atoms with Crippen molar-refractivity contribution >= 4 is 11.5 Å². The molecule has 1 aromatic carbocycles. The number of nitrogens with zero attached hydrogens (tertiary/aromatic N) is 2. The zero-order valence-corrected chi connectivity index (χ0v) is 14.4. The molecule has 3 heterocycles. The third-order valence-electron chi connectivity index (χ3n) is 4.13.